The average Bonchev–Trinajstić information content (AvgIpc) is 3.41. The van der Waals surface area contributed by atoms with Crippen molar-refractivity contribution in [3.05, 3.63) is 74.2 Å². The zero-order valence-corrected chi connectivity index (χ0v) is 16.0. The standard InChI is InChI=1S/C21H18ClF3N2O2/c22-17-6-3-12(9-16(17)21(23,24)25)15(10-13-4-8-19(28)26-13)18-7-5-14(11-1-2-11)20(29)27-18/h3,5-7,9-11,13H,1-2,4,8H2,(H,26,28)(H,27,29)/b15-10-/t13-/m1/s1. The minimum atomic E-state index is -4.61. The second-order valence-electron chi connectivity index (χ2n) is 7.42. The Bertz CT molecular complexity index is 1050. The molecule has 29 heavy (non-hydrogen) atoms. The van der Waals surface area contributed by atoms with E-state index in [1.807, 2.05) is 0 Å². The molecule has 0 bridgehead atoms. The van der Waals surface area contributed by atoms with Crippen molar-refractivity contribution in [2.75, 3.05) is 0 Å². The molecule has 1 aromatic carbocycles. The van der Waals surface area contributed by atoms with E-state index in [4.69, 9.17) is 11.6 Å². The highest BCUT2D eigenvalue weighted by Gasteiger charge is 2.34. The third kappa shape index (κ3) is 4.24. The van der Waals surface area contributed by atoms with Gasteiger partial charge in [0.2, 0.25) is 5.91 Å². The molecule has 1 aromatic heterocycles. The van der Waals surface area contributed by atoms with Crippen molar-refractivity contribution in [1.29, 1.82) is 0 Å². The van der Waals surface area contributed by atoms with Crippen LogP contribution in [0.15, 0.2) is 41.2 Å². The van der Waals surface area contributed by atoms with E-state index >= 15 is 0 Å². The SMILES string of the molecule is O=C1CC[C@H](/C=C(/c2ccc(Cl)c(C(F)(F)F)c2)c2ccc(C3CC3)c(=O)[nH]2)N1. The van der Waals surface area contributed by atoms with E-state index in [1.165, 1.54) is 12.1 Å². The van der Waals surface area contributed by atoms with Crippen LogP contribution in [0, 0.1) is 0 Å². The molecule has 8 heteroatoms. The van der Waals surface area contributed by atoms with Gasteiger partial charge in [0.25, 0.3) is 5.56 Å². The molecule has 1 saturated carbocycles. The van der Waals surface area contributed by atoms with Crippen LogP contribution in [-0.4, -0.2) is 16.9 Å². The van der Waals surface area contributed by atoms with Crippen molar-refractivity contribution in [2.24, 2.45) is 0 Å². The van der Waals surface area contributed by atoms with Crippen molar-refractivity contribution < 1.29 is 18.0 Å². The van der Waals surface area contributed by atoms with Crippen molar-refractivity contribution in [3.8, 4) is 0 Å². The number of amides is 1. The first kappa shape index (κ1) is 19.8. The van der Waals surface area contributed by atoms with Gasteiger partial charge in [-0.15, -0.1) is 0 Å². The number of hydrogen-bond donors (Lipinski definition) is 2. The van der Waals surface area contributed by atoms with E-state index in [-0.39, 0.29) is 29.0 Å². The predicted octanol–water partition coefficient (Wildman–Crippen LogP) is 4.63. The Labute approximate surface area is 169 Å². The number of rotatable bonds is 4. The van der Waals surface area contributed by atoms with E-state index < -0.39 is 16.8 Å². The highest BCUT2D eigenvalue weighted by atomic mass is 35.5. The summed E-state index contributed by atoms with van der Waals surface area (Å²) in [5.41, 5.74) is 0.577. The van der Waals surface area contributed by atoms with Gasteiger partial charge >= 0.3 is 6.18 Å². The minimum Gasteiger partial charge on any atom is -0.350 e. The van der Waals surface area contributed by atoms with Crippen LogP contribution in [0.1, 0.15) is 54.0 Å². The summed E-state index contributed by atoms with van der Waals surface area (Å²) < 4.78 is 40.0. The molecule has 4 nitrogen and oxygen atoms in total. The largest absolute Gasteiger partial charge is 0.417 e. The second-order valence-corrected chi connectivity index (χ2v) is 7.82. The van der Waals surface area contributed by atoms with Gasteiger partial charge in [0.1, 0.15) is 0 Å². The summed E-state index contributed by atoms with van der Waals surface area (Å²) in [5.74, 6) is 0.136. The molecule has 2 aromatic rings. The summed E-state index contributed by atoms with van der Waals surface area (Å²) in [6.45, 7) is 0. The van der Waals surface area contributed by atoms with E-state index in [0.29, 0.717) is 29.7 Å². The van der Waals surface area contributed by atoms with Gasteiger partial charge in [0.05, 0.1) is 10.6 Å². The molecule has 1 aliphatic carbocycles. The Morgan fingerprint density at radius 1 is 1.10 bits per heavy atom. The molecule has 1 atom stereocenters. The molecular formula is C21H18ClF3N2O2. The molecule has 4 rings (SSSR count). The van der Waals surface area contributed by atoms with E-state index in [1.54, 1.807) is 18.2 Å². The number of nitrogens with one attached hydrogen (secondary N) is 2. The Kier molecular flexibility index (Phi) is 5.02. The number of aromatic nitrogens is 1. The normalized spacial score (nSPS) is 20.1. The lowest BCUT2D eigenvalue weighted by molar-refractivity contribution is -0.137. The van der Waals surface area contributed by atoms with E-state index in [0.717, 1.165) is 18.9 Å². The zero-order chi connectivity index (χ0) is 20.8. The van der Waals surface area contributed by atoms with Gasteiger partial charge in [-0.2, -0.15) is 13.2 Å². The zero-order valence-electron chi connectivity index (χ0n) is 15.3. The fourth-order valence-corrected chi connectivity index (χ4v) is 3.80. The third-order valence-electron chi connectivity index (χ3n) is 5.23. The molecule has 2 aliphatic rings. The Morgan fingerprint density at radius 3 is 2.45 bits per heavy atom. The van der Waals surface area contributed by atoms with Crippen LogP contribution in [-0.2, 0) is 11.0 Å². The number of halogens is 4. The van der Waals surface area contributed by atoms with Crippen LogP contribution in [0.3, 0.4) is 0 Å². The van der Waals surface area contributed by atoms with Gasteiger partial charge in [0.15, 0.2) is 0 Å². The number of pyridine rings is 1. The molecule has 0 radical (unpaired) electrons. The first-order valence-corrected chi connectivity index (χ1v) is 9.72. The predicted molar refractivity (Wildman–Crippen MR) is 104 cm³/mol. The summed E-state index contributed by atoms with van der Waals surface area (Å²) in [4.78, 5) is 26.8. The van der Waals surface area contributed by atoms with Crippen molar-refractivity contribution >= 4 is 23.1 Å². The van der Waals surface area contributed by atoms with E-state index in [9.17, 15) is 22.8 Å². The lowest BCUT2D eigenvalue weighted by Crippen LogP contribution is -2.24. The number of H-pyrrole nitrogens is 1. The lowest BCUT2D eigenvalue weighted by Gasteiger charge is -2.15. The molecule has 152 valence electrons. The fourth-order valence-electron chi connectivity index (χ4n) is 3.57. The van der Waals surface area contributed by atoms with Crippen molar-refractivity contribution in [1.82, 2.24) is 10.3 Å². The molecule has 1 aliphatic heterocycles. The number of carbonyl (C=O) groups is 1. The Hall–Kier alpha value is -2.54. The van der Waals surface area contributed by atoms with Crippen LogP contribution < -0.4 is 10.9 Å². The maximum atomic E-state index is 13.3. The molecule has 2 N–H and O–H groups in total. The molecule has 2 heterocycles. The lowest BCUT2D eigenvalue weighted by atomic mass is 9.96. The number of alkyl halides is 3. The Balaban J connectivity index is 1.81. The molecule has 1 amide bonds. The van der Waals surface area contributed by atoms with E-state index in [2.05, 4.69) is 10.3 Å². The highest BCUT2D eigenvalue weighted by molar-refractivity contribution is 6.31. The summed E-state index contributed by atoms with van der Waals surface area (Å²) >= 11 is 5.75. The summed E-state index contributed by atoms with van der Waals surface area (Å²) in [6.07, 6.45) is -0.109. The van der Waals surface area contributed by atoms with Crippen LogP contribution in [0.4, 0.5) is 13.2 Å². The van der Waals surface area contributed by atoms with Gasteiger partial charge in [-0.3, -0.25) is 9.59 Å². The molecule has 2 fully saturated rings. The first-order chi connectivity index (χ1) is 13.7. The molecule has 0 spiro atoms. The monoisotopic (exact) mass is 422 g/mol. The maximum absolute atomic E-state index is 13.3. The second kappa shape index (κ2) is 7.37. The highest BCUT2D eigenvalue weighted by Crippen LogP contribution is 2.39. The molecule has 1 saturated heterocycles. The first-order valence-electron chi connectivity index (χ1n) is 9.34. The van der Waals surface area contributed by atoms with Gasteiger partial charge < -0.3 is 10.3 Å². The van der Waals surface area contributed by atoms with Crippen LogP contribution >= 0.6 is 11.6 Å². The van der Waals surface area contributed by atoms with Crippen LogP contribution in [0.25, 0.3) is 5.57 Å². The summed E-state index contributed by atoms with van der Waals surface area (Å²) in [5, 5.41) is 2.38. The topological polar surface area (TPSA) is 62.0 Å². The minimum absolute atomic E-state index is 0.115. The quantitative estimate of drug-likeness (QED) is 0.754. The number of aromatic amines is 1. The molecule has 0 unspecified atom stereocenters. The van der Waals surface area contributed by atoms with Gasteiger partial charge in [0, 0.05) is 29.3 Å². The fraction of sp³-hybridized carbons (Fsp3) is 0.333. The summed E-state index contributed by atoms with van der Waals surface area (Å²) in [7, 11) is 0. The van der Waals surface area contributed by atoms with Crippen molar-refractivity contribution in [2.45, 2.75) is 43.8 Å². The maximum Gasteiger partial charge on any atom is 0.417 e. The van der Waals surface area contributed by atoms with Gasteiger partial charge in [-0.25, -0.2) is 0 Å². The Morgan fingerprint density at radius 2 is 1.86 bits per heavy atom. The number of hydrogen-bond acceptors (Lipinski definition) is 2. The van der Waals surface area contributed by atoms with Gasteiger partial charge in [-0.1, -0.05) is 29.8 Å². The number of carbonyl (C=O) groups excluding carboxylic acids is 1. The van der Waals surface area contributed by atoms with Gasteiger partial charge in [-0.05, 0) is 48.9 Å². The van der Waals surface area contributed by atoms with Crippen LogP contribution in [0.5, 0.6) is 0 Å². The average molecular weight is 423 g/mol. The van der Waals surface area contributed by atoms with Crippen LogP contribution in [0.2, 0.25) is 5.02 Å². The smallest absolute Gasteiger partial charge is 0.350 e. The third-order valence-corrected chi connectivity index (χ3v) is 5.56. The number of benzene rings is 1. The summed E-state index contributed by atoms with van der Waals surface area (Å²) in [6, 6.07) is 6.75. The molecular weight excluding hydrogens is 405 g/mol. The van der Waals surface area contributed by atoms with Crippen molar-refractivity contribution in [3.63, 3.8) is 0 Å².